The molecule has 0 fully saturated rings. The van der Waals surface area contributed by atoms with Gasteiger partial charge in [-0.05, 0) is 55.8 Å². The molecule has 140 valence electrons. The fourth-order valence-corrected chi connectivity index (χ4v) is 2.64. The van der Waals surface area contributed by atoms with Crippen LogP contribution in [0.3, 0.4) is 0 Å². The molecule has 0 aliphatic carbocycles. The summed E-state index contributed by atoms with van der Waals surface area (Å²) in [6.45, 7) is 3.88. The molecule has 0 saturated carbocycles. The molecule has 0 aliphatic heterocycles. The topological polar surface area (TPSA) is 72.6 Å². The van der Waals surface area contributed by atoms with Gasteiger partial charge in [-0.3, -0.25) is 4.79 Å². The summed E-state index contributed by atoms with van der Waals surface area (Å²) in [6.07, 6.45) is 0.559. The Labute approximate surface area is 156 Å². The second kappa shape index (κ2) is 8.03. The van der Waals surface area contributed by atoms with Gasteiger partial charge in [0.05, 0.1) is 18.2 Å². The van der Waals surface area contributed by atoms with Crippen molar-refractivity contribution in [3.63, 3.8) is 0 Å². The van der Waals surface area contributed by atoms with Crippen LogP contribution in [0, 0.1) is 12.7 Å². The number of ether oxygens (including phenoxy) is 1. The van der Waals surface area contributed by atoms with E-state index in [9.17, 15) is 9.18 Å². The van der Waals surface area contributed by atoms with Crippen LogP contribution in [0.15, 0.2) is 52.9 Å². The third-order valence-corrected chi connectivity index (χ3v) is 4.34. The van der Waals surface area contributed by atoms with Crippen molar-refractivity contribution in [2.24, 2.45) is 0 Å². The molecule has 3 rings (SSSR count). The predicted octanol–water partition coefficient (Wildman–Crippen LogP) is 4.60. The zero-order chi connectivity index (χ0) is 19.4. The molecule has 5 nitrogen and oxygen atoms in total. The molecular formula is C21H20FNO4. The van der Waals surface area contributed by atoms with Crippen molar-refractivity contribution < 1.29 is 23.4 Å². The Bertz CT molecular complexity index is 916. The lowest BCUT2D eigenvalue weighted by molar-refractivity contribution is -0.138. The van der Waals surface area contributed by atoms with Gasteiger partial charge in [-0.15, -0.1) is 0 Å². The lowest BCUT2D eigenvalue weighted by atomic mass is 10.0. The number of aromatic nitrogens is 1. The molecule has 1 unspecified atom stereocenters. The highest BCUT2D eigenvalue weighted by Gasteiger charge is 2.14. The molecule has 6 heteroatoms. The van der Waals surface area contributed by atoms with Gasteiger partial charge in [0.1, 0.15) is 17.3 Å². The first-order valence-electron chi connectivity index (χ1n) is 8.62. The van der Waals surface area contributed by atoms with Gasteiger partial charge in [0.15, 0.2) is 0 Å². The number of hydrogen-bond acceptors (Lipinski definition) is 4. The molecule has 0 spiro atoms. The maximum atomic E-state index is 13.0. The Balaban J connectivity index is 1.59. The van der Waals surface area contributed by atoms with Gasteiger partial charge in [0.25, 0.3) is 0 Å². The zero-order valence-electron chi connectivity index (χ0n) is 15.1. The van der Waals surface area contributed by atoms with Gasteiger partial charge in [0.2, 0.25) is 5.89 Å². The molecule has 1 atom stereocenters. The number of oxazole rings is 1. The van der Waals surface area contributed by atoms with Crippen LogP contribution in [0.4, 0.5) is 4.39 Å². The monoisotopic (exact) mass is 369 g/mol. The Morgan fingerprint density at radius 2 is 1.85 bits per heavy atom. The van der Waals surface area contributed by atoms with Crippen molar-refractivity contribution in [2.45, 2.75) is 26.2 Å². The van der Waals surface area contributed by atoms with Crippen molar-refractivity contribution in [3.05, 3.63) is 71.4 Å². The van der Waals surface area contributed by atoms with Crippen LogP contribution < -0.4 is 4.74 Å². The summed E-state index contributed by atoms with van der Waals surface area (Å²) in [5, 5.41) is 9.03. The van der Waals surface area contributed by atoms with Crippen molar-refractivity contribution >= 4 is 5.97 Å². The average Bonchev–Trinajstić information content (AvgIpc) is 3.03. The Morgan fingerprint density at radius 3 is 2.48 bits per heavy atom. The first-order valence-corrected chi connectivity index (χ1v) is 8.62. The Hall–Kier alpha value is -3.15. The van der Waals surface area contributed by atoms with E-state index in [1.807, 2.05) is 6.92 Å². The highest BCUT2D eigenvalue weighted by atomic mass is 19.1. The van der Waals surface area contributed by atoms with Crippen LogP contribution >= 0.6 is 0 Å². The van der Waals surface area contributed by atoms with Gasteiger partial charge in [-0.25, -0.2) is 9.37 Å². The summed E-state index contributed by atoms with van der Waals surface area (Å²) in [5.41, 5.74) is 2.23. The fourth-order valence-electron chi connectivity index (χ4n) is 2.64. The van der Waals surface area contributed by atoms with Gasteiger partial charge < -0.3 is 14.3 Å². The minimum atomic E-state index is -0.859. The van der Waals surface area contributed by atoms with Crippen LogP contribution in [0.25, 0.3) is 11.5 Å². The van der Waals surface area contributed by atoms with E-state index in [2.05, 4.69) is 4.98 Å². The number of hydrogen-bond donors (Lipinski definition) is 1. The number of carbonyl (C=O) groups is 1. The molecule has 27 heavy (non-hydrogen) atoms. The summed E-state index contributed by atoms with van der Waals surface area (Å²) >= 11 is 0. The second-order valence-corrected chi connectivity index (χ2v) is 6.26. The smallest absolute Gasteiger partial charge is 0.310 e. The van der Waals surface area contributed by atoms with Gasteiger partial charge >= 0.3 is 5.97 Å². The highest BCUT2D eigenvalue weighted by Crippen LogP contribution is 2.23. The van der Waals surface area contributed by atoms with Crippen LogP contribution in [-0.2, 0) is 11.2 Å². The fraction of sp³-hybridized carbons (Fsp3) is 0.238. The van der Waals surface area contributed by atoms with E-state index in [1.54, 1.807) is 43.3 Å². The van der Waals surface area contributed by atoms with E-state index in [0.29, 0.717) is 30.4 Å². The largest absolute Gasteiger partial charge is 0.493 e. The normalized spacial score (nSPS) is 12.0. The van der Waals surface area contributed by atoms with E-state index in [0.717, 1.165) is 16.8 Å². The third-order valence-electron chi connectivity index (χ3n) is 4.34. The van der Waals surface area contributed by atoms with E-state index in [1.165, 1.54) is 12.1 Å². The summed E-state index contributed by atoms with van der Waals surface area (Å²) in [6, 6.07) is 13.0. The molecule has 0 aliphatic rings. The van der Waals surface area contributed by atoms with E-state index in [-0.39, 0.29) is 5.82 Å². The van der Waals surface area contributed by atoms with Crippen molar-refractivity contribution in [1.82, 2.24) is 4.98 Å². The Kier molecular flexibility index (Phi) is 5.54. The quantitative estimate of drug-likeness (QED) is 0.659. The second-order valence-electron chi connectivity index (χ2n) is 6.26. The average molecular weight is 369 g/mol. The number of aliphatic carboxylic acids is 1. The number of halogens is 1. The number of carboxylic acid groups (broad SMARTS) is 1. The molecule has 2 aromatic carbocycles. The summed E-state index contributed by atoms with van der Waals surface area (Å²) in [7, 11) is 0. The van der Waals surface area contributed by atoms with Crippen molar-refractivity contribution in [3.8, 4) is 17.2 Å². The number of rotatable bonds is 7. The lowest BCUT2D eigenvalue weighted by Gasteiger charge is -2.09. The minimum absolute atomic E-state index is 0.306. The molecule has 0 bridgehead atoms. The zero-order valence-corrected chi connectivity index (χ0v) is 15.1. The first kappa shape index (κ1) is 18.6. The first-order chi connectivity index (χ1) is 12.9. The van der Waals surface area contributed by atoms with Crippen molar-refractivity contribution in [2.75, 3.05) is 6.61 Å². The van der Waals surface area contributed by atoms with Crippen LogP contribution in [0.5, 0.6) is 5.75 Å². The molecule has 1 N–H and O–H groups in total. The molecule has 3 aromatic rings. The van der Waals surface area contributed by atoms with Crippen molar-refractivity contribution in [1.29, 1.82) is 0 Å². The standard InChI is InChI=1S/C21H20FNO4/c1-13(21(24)25)15-5-9-18(10-6-15)26-12-11-19-14(2)27-20(23-19)16-3-7-17(22)8-4-16/h3-10,13H,11-12H2,1-2H3,(H,24,25). The molecule has 0 radical (unpaired) electrons. The van der Waals surface area contributed by atoms with Crippen LogP contribution in [-0.4, -0.2) is 22.7 Å². The minimum Gasteiger partial charge on any atom is -0.493 e. The number of aryl methyl sites for hydroxylation is 1. The molecule has 1 aromatic heterocycles. The number of nitrogens with zero attached hydrogens (tertiary/aromatic N) is 1. The van der Waals surface area contributed by atoms with E-state index < -0.39 is 11.9 Å². The molecular weight excluding hydrogens is 349 g/mol. The predicted molar refractivity (Wildman–Crippen MR) is 98.3 cm³/mol. The highest BCUT2D eigenvalue weighted by molar-refractivity contribution is 5.75. The maximum Gasteiger partial charge on any atom is 0.310 e. The molecule has 0 amide bonds. The van der Waals surface area contributed by atoms with Crippen LogP contribution in [0.1, 0.15) is 29.9 Å². The third kappa shape index (κ3) is 4.53. The number of carboxylic acids is 1. The van der Waals surface area contributed by atoms with Crippen LogP contribution in [0.2, 0.25) is 0 Å². The Morgan fingerprint density at radius 1 is 1.19 bits per heavy atom. The number of benzene rings is 2. The molecule has 1 heterocycles. The van der Waals surface area contributed by atoms with Gasteiger partial charge in [-0.2, -0.15) is 0 Å². The van der Waals surface area contributed by atoms with Gasteiger partial charge in [0, 0.05) is 12.0 Å². The van der Waals surface area contributed by atoms with Gasteiger partial charge in [-0.1, -0.05) is 12.1 Å². The summed E-state index contributed by atoms with van der Waals surface area (Å²) < 4.78 is 24.4. The van der Waals surface area contributed by atoms with E-state index >= 15 is 0 Å². The summed E-state index contributed by atoms with van der Waals surface area (Å²) in [5.74, 6) is 0.0950. The maximum absolute atomic E-state index is 13.0. The van der Waals surface area contributed by atoms with E-state index in [4.69, 9.17) is 14.3 Å². The lowest BCUT2D eigenvalue weighted by Crippen LogP contribution is -2.07. The summed E-state index contributed by atoms with van der Waals surface area (Å²) in [4.78, 5) is 15.5. The SMILES string of the molecule is Cc1oc(-c2ccc(F)cc2)nc1CCOc1ccc(C(C)C(=O)O)cc1. The molecule has 0 saturated heterocycles.